The average Bonchev–Trinajstić information content (AvgIpc) is 3.11. The summed E-state index contributed by atoms with van der Waals surface area (Å²) in [5.41, 5.74) is 9.25. The molecule has 0 aliphatic carbocycles. The van der Waals surface area contributed by atoms with Crippen molar-refractivity contribution < 1.29 is 9.90 Å². The molecule has 0 spiro atoms. The Morgan fingerprint density at radius 3 is 2.62 bits per heavy atom. The quantitative estimate of drug-likeness (QED) is 0.658. The number of thioether (sulfide) groups is 1. The lowest BCUT2D eigenvalue weighted by atomic mass is 9.90. The van der Waals surface area contributed by atoms with Crippen molar-refractivity contribution in [3.05, 3.63) is 53.6 Å². The molecule has 134 valence electrons. The monoisotopic (exact) mass is 367 g/mol. The summed E-state index contributed by atoms with van der Waals surface area (Å²) in [4.78, 5) is 19.1. The Morgan fingerprint density at radius 1 is 1.19 bits per heavy atom. The summed E-state index contributed by atoms with van der Waals surface area (Å²) in [5.74, 6) is 2.89. The highest BCUT2D eigenvalue weighted by Crippen LogP contribution is 2.34. The number of aromatic amines is 1. The van der Waals surface area contributed by atoms with Gasteiger partial charge in [-0.25, -0.2) is 4.98 Å². The predicted octanol–water partition coefficient (Wildman–Crippen LogP) is 3.51. The van der Waals surface area contributed by atoms with E-state index in [0.717, 1.165) is 52.3 Å². The highest BCUT2D eigenvalue weighted by atomic mass is 32.2. The van der Waals surface area contributed by atoms with Crippen LogP contribution in [-0.2, 0) is 0 Å². The number of aromatic nitrogens is 2. The SMILES string of the molecule is NC(=O)c1ccc2nc(-c3ccc(C(O)C4CCSCC4)cc3)[nH]c2c1. The van der Waals surface area contributed by atoms with Crippen LogP contribution in [0.3, 0.4) is 0 Å². The third-order valence-electron chi connectivity index (χ3n) is 5.00. The molecule has 2 aromatic carbocycles. The molecule has 3 aromatic rings. The number of nitrogens with one attached hydrogen (secondary N) is 1. The molecule has 1 fully saturated rings. The maximum atomic E-state index is 11.3. The van der Waals surface area contributed by atoms with E-state index in [2.05, 4.69) is 9.97 Å². The number of hydrogen-bond donors (Lipinski definition) is 3. The van der Waals surface area contributed by atoms with E-state index in [0.29, 0.717) is 11.5 Å². The van der Waals surface area contributed by atoms with Crippen LogP contribution in [0.25, 0.3) is 22.4 Å². The van der Waals surface area contributed by atoms with Crippen LogP contribution in [0, 0.1) is 5.92 Å². The molecule has 1 unspecified atom stereocenters. The van der Waals surface area contributed by atoms with Gasteiger partial charge in [0.1, 0.15) is 5.82 Å². The minimum Gasteiger partial charge on any atom is -0.388 e. The number of aliphatic hydroxyl groups is 1. The van der Waals surface area contributed by atoms with Crippen LogP contribution < -0.4 is 5.73 Å². The molecule has 5 nitrogen and oxygen atoms in total. The maximum Gasteiger partial charge on any atom is 0.248 e. The van der Waals surface area contributed by atoms with E-state index in [1.807, 2.05) is 36.0 Å². The first kappa shape index (κ1) is 17.1. The van der Waals surface area contributed by atoms with Crippen LogP contribution in [0.15, 0.2) is 42.5 Å². The van der Waals surface area contributed by atoms with Gasteiger partial charge in [-0.1, -0.05) is 24.3 Å². The smallest absolute Gasteiger partial charge is 0.248 e. The van der Waals surface area contributed by atoms with Crippen molar-refractivity contribution >= 4 is 28.7 Å². The molecule has 0 saturated carbocycles. The lowest BCUT2D eigenvalue weighted by Gasteiger charge is -2.26. The van der Waals surface area contributed by atoms with E-state index in [4.69, 9.17) is 5.73 Å². The Balaban J connectivity index is 1.58. The number of hydrogen-bond acceptors (Lipinski definition) is 4. The largest absolute Gasteiger partial charge is 0.388 e. The summed E-state index contributed by atoms with van der Waals surface area (Å²) < 4.78 is 0. The van der Waals surface area contributed by atoms with Crippen LogP contribution in [0.2, 0.25) is 0 Å². The molecule has 1 atom stereocenters. The Morgan fingerprint density at radius 2 is 1.92 bits per heavy atom. The molecule has 4 rings (SSSR count). The summed E-state index contributed by atoms with van der Waals surface area (Å²) in [5, 5.41) is 10.6. The van der Waals surface area contributed by atoms with E-state index < -0.39 is 12.0 Å². The van der Waals surface area contributed by atoms with Gasteiger partial charge in [0.25, 0.3) is 0 Å². The van der Waals surface area contributed by atoms with Crippen molar-refractivity contribution in [2.75, 3.05) is 11.5 Å². The second kappa shape index (κ2) is 7.13. The molecule has 0 radical (unpaired) electrons. The van der Waals surface area contributed by atoms with Crippen LogP contribution >= 0.6 is 11.8 Å². The highest BCUT2D eigenvalue weighted by Gasteiger charge is 2.23. The first-order valence-electron chi connectivity index (χ1n) is 8.77. The number of benzene rings is 2. The minimum absolute atomic E-state index is 0.348. The van der Waals surface area contributed by atoms with Gasteiger partial charge in [0, 0.05) is 11.1 Å². The maximum absolute atomic E-state index is 11.3. The van der Waals surface area contributed by atoms with Gasteiger partial charge in [0.15, 0.2) is 0 Å². The number of amides is 1. The molecule has 2 heterocycles. The van der Waals surface area contributed by atoms with Gasteiger partial charge in [-0.15, -0.1) is 0 Å². The molecule has 1 aromatic heterocycles. The Hall–Kier alpha value is -2.31. The zero-order valence-corrected chi connectivity index (χ0v) is 15.1. The topological polar surface area (TPSA) is 92.0 Å². The number of primary amides is 1. The van der Waals surface area contributed by atoms with Crippen molar-refractivity contribution in [1.82, 2.24) is 9.97 Å². The molecular formula is C20H21N3O2S. The van der Waals surface area contributed by atoms with E-state index >= 15 is 0 Å². The van der Waals surface area contributed by atoms with Crippen molar-refractivity contribution in [3.8, 4) is 11.4 Å². The number of nitrogens with two attached hydrogens (primary N) is 1. The lowest BCUT2D eigenvalue weighted by molar-refractivity contribution is 0.1000. The normalized spacial score (nSPS) is 16.7. The highest BCUT2D eigenvalue weighted by molar-refractivity contribution is 7.99. The van der Waals surface area contributed by atoms with Crippen molar-refractivity contribution in [3.63, 3.8) is 0 Å². The third-order valence-corrected chi connectivity index (χ3v) is 6.05. The number of carbonyl (C=O) groups is 1. The van der Waals surface area contributed by atoms with Gasteiger partial charge in [-0.2, -0.15) is 11.8 Å². The minimum atomic E-state index is -0.456. The average molecular weight is 367 g/mol. The van der Waals surface area contributed by atoms with E-state index in [9.17, 15) is 9.90 Å². The van der Waals surface area contributed by atoms with Crippen LogP contribution in [0.5, 0.6) is 0 Å². The summed E-state index contributed by atoms with van der Waals surface area (Å²) in [6, 6.07) is 13.1. The van der Waals surface area contributed by atoms with Crippen molar-refractivity contribution in [1.29, 1.82) is 0 Å². The molecule has 4 N–H and O–H groups in total. The summed E-state index contributed by atoms with van der Waals surface area (Å²) in [6.07, 6.45) is 1.73. The first-order valence-corrected chi connectivity index (χ1v) is 9.93. The summed E-state index contributed by atoms with van der Waals surface area (Å²) in [7, 11) is 0. The van der Waals surface area contributed by atoms with Crippen molar-refractivity contribution in [2.45, 2.75) is 18.9 Å². The molecule has 1 saturated heterocycles. The molecule has 26 heavy (non-hydrogen) atoms. The Bertz CT molecular complexity index is 930. The number of fused-ring (bicyclic) bond motifs is 1. The van der Waals surface area contributed by atoms with Gasteiger partial charge < -0.3 is 15.8 Å². The standard InChI is InChI=1S/C20H21N3O2S/c21-19(25)15-5-6-16-17(11-15)23-20(22-16)14-3-1-12(2-4-14)18(24)13-7-9-26-10-8-13/h1-6,11,13,18,24H,7-10H2,(H2,21,25)(H,22,23). The fraction of sp³-hybridized carbons (Fsp3) is 0.300. The second-order valence-electron chi connectivity index (χ2n) is 6.70. The van der Waals surface area contributed by atoms with E-state index in [1.54, 1.807) is 18.2 Å². The van der Waals surface area contributed by atoms with Gasteiger partial charge >= 0.3 is 0 Å². The fourth-order valence-electron chi connectivity index (χ4n) is 3.44. The second-order valence-corrected chi connectivity index (χ2v) is 7.92. The van der Waals surface area contributed by atoms with Crippen LogP contribution in [-0.4, -0.2) is 32.5 Å². The predicted molar refractivity (Wildman–Crippen MR) is 105 cm³/mol. The Kier molecular flexibility index (Phi) is 4.70. The number of rotatable bonds is 4. The lowest BCUT2D eigenvalue weighted by Crippen LogP contribution is -2.18. The third kappa shape index (κ3) is 3.34. The van der Waals surface area contributed by atoms with E-state index in [1.165, 1.54) is 0 Å². The molecule has 1 amide bonds. The number of aliphatic hydroxyl groups excluding tert-OH is 1. The van der Waals surface area contributed by atoms with Crippen LogP contribution in [0.1, 0.15) is 34.9 Å². The number of H-pyrrole nitrogens is 1. The molecule has 1 aliphatic heterocycles. The number of carbonyl (C=O) groups excluding carboxylic acids is 1. The summed E-state index contributed by atoms with van der Waals surface area (Å²) in [6.45, 7) is 0. The van der Waals surface area contributed by atoms with Gasteiger partial charge in [-0.05, 0) is 54.0 Å². The van der Waals surface area contributed by atoms with Gasteiger partial charge in [0.05, 0.1) is 17.1 Å². The van der Waals surface area contributed by atoms with E-state index in [-0.39, 0.29) is 0 Å². The zero-order chi connectivity index (χ0) is 18.1. The number of imidazole rings is 1. The summed E-state index contributed by atoms with van der Waals surface area (Å²) >= 11 is 1.96. The number of nitrogens with zero attached hydrogens (tertiary/aromatic N) is 1. The molecule has 6 heteroatoms. The van der Waals surface area contributed by atoms with Gasteiger partial charge in [-0.3, -0.25) is 4.79 Å². The molecule has 0 bridgehead atoms. The fourth-order valence-corrected chi connectivity index (χ4v) is 4.58. The van der Waals surface area contributed by atoms with Crippen LogP contribution in [0.4, 0.5) is 0 Å². The van der Waals surface area contributed by atoms with Crippen molar-refractivity contribution in [2.24, 2.45) is 11.7 Å². The van der Waals surface area contributed by atoms with Gasteiger partial charge in [0.2, 0.25) is 5.91 Å². The first-order chi connectivity index (χ1) is 12.6. The molecule has 1 aliphatic rings. The zero-order valence-electron chi connectivity index (χ0n) is 14.3. The molecular weight excluding hydrogens is 346 g/mol. The Labute approximate surface area is 156 Å².